The predicted octanol–water partition coefficient (Wildman–Crippen LogP) is 1.33. The second-order valence-electron chi connectivity index (χ2n) is 5.00. The Labute approximate surface area is 133 Å². The van der Waals surface area contributed by atoms with Crippen molar-refractivity contribution >= 4 is 23.5 Å². The molecular weight excluding hydrogens is 302 g/mol. The second kappa shape index (κ2) is 6.51. The van der Waals surface area contributed by atoms with Crippen LogP contribution in [-0.4, -0.2) is 43.2 Å². The number of carboxylic acid groups (broad SMARTS) is 1. The first kappa shape index (κ1) is 16.5. The molecule has 0 spiro atoms. The van der Waals surface area contributed by atoms with Crippen LogP contribution < -0.4 is 9.64 Å². The molecule has 1 N–H and O–H groups in total. The number of hydrogen-bond donors (Lipinski definition) is 1. The lowest BCUT2D eigenvalue weighted by Crippen LogP contribution is -2.38. The Morgan fingerprint density at radius 1 is 1.26 bits per heavy atom. The summed E-state index contributed by atoms with van der Waals surface area (Å²) in [5.41, 5.74) is 1.10. The van der Waals surface area contributed by atoms with E-state index in [0.717, 1.165) is 6.08 Å². The maximum Gasteiger partial charge on any atom is 0.328 e. The first-order chi connectivity index (χ1) is 10.9. The molecule has 0 saturated carbocycles. The molecule has 1 aliphatic rings. The summed E-state index contributed by atoms with van der Waals surface area (Å²) >= 11 is 0. The molecule has 1 amide bonds. The van der Waals surface area contributed by atoms with E-state index in [9.17, 15) is 14.4 Å². The minimum Gasteiger partial charge on any atom is -0.497 e. The van der Waals surface area contributed by atoms with Gasteiger partial charge in [0.05, 0.1) is 20.3 Å². The lowest BCUT2D eigenvalue weighted by molar-refractivity contribution is -0.142. The summed E-state index contributed by atoms with van der Waals surface area (Å²) in [4.78, 5) is 36.5. The van der Waals surface area contributed by atoms with Crippen LogP contribution in [0.3, 0.4) is 0 Å². The maximum atomic E-state index is 12.2. The first-order valence-corrected chi connectivity index (χ1v) is 6.87. The highest BCUT2D eigenvalue weighted by molar-refractivity contribution is 6.00. The van der Waals surface area contributed by atoms with Crippen molar-refractivity contribution in [3.63, 3.8) is 0 Å². The summed E-state index contributed by atoms with van der Waals surface area (Å²) in [6.45, 7) is 1.36. The molecule has 7 heteroatoms. The van der Waals surface area contributed by atoms with Gasteiger partial charge in [-0.05, 0) is 23.8 Å². The number of fused-ring (bicyclic) bond motifs is 1. The quantitative estimate of drug-likeness (QED) is 0.665. The van der Waals surface area contributed by atoms with Crippen LogP contribution in [0.2, 0.25) is 0 Å². The largest absolute Gasteiger partial charge is 0.497 e. The number of benzene rings is 1. The van der Waals surface area contributed by atoms with Gasteiger partial charge >= 0.3 is 11.9 Å². The molecule has 2 unspecified atom stereocenters. The Balaban J connectivity index is 2.61. The van der Waals surface area contributed by atoms with Crippen LogP contribution in [0.25, 0.3) is 0 Å². The summed E-state index contributed by atoms with van der Waals surface area (Å²) in [5.74, 6) is -2.30. The Kier molecular flexibility index (Phi) is 4.68. The molecule has 1 aromatic carbocycles. The number of ether oxygens (including phenoxy) is 2. The third kappa shape index (κ3) is 3.03. The molecule has 2 rings (SSSR count). The number of rotatable bonds is 4. The van der Waals surface area contributed by atoms with Gasteiger partial charge in [-0.3, -0.25) is 9.59 Å². The number of nitrogens with zero attached hydrogens (tertiary/aromatic N) is 1. The Hall–Kier alpha value is -2.83. The van der Waals surface area contributed by atoms with Crippen LogP contribution in [0.4, 0.5) is 5.69 Å². The molecule has 0 fully saturated rings. The number of aliphatic carboxylic acids is 1. The van der Waals surface area contributed by atoms with E-state index in [-0.39, 0.29) is 5.91 Å². The SMILES string of the molecule is COC(=O)C1c2cc(OC)ccc2N(C(C)=O)C1C=CC(=O)O. The highest BCUT2D eigenvalue weighted by Crippen LogP contribution is 2.44. The van der Waals surface area contributed by atoms with Crippen molar-refractivity contribution in [2.75, 3.05) is 19.1 Å². The summed E-state index contributed by atoms with van der Waals surface area (Å²) in [6, 6.07) is 4.23. The molecule has 122 valence electrons. The van der Waals surface area contributed by atoms with Gasteiger partial charge in [-0.15, -0.1) is 0 Å². The summed E-state index contributed by atoms with van der Waals surface area (Å²) < 4.78 is 9.99. The number of carbonyl (C=O) groups excluding carboxylic acids is 2. The third-order valence-corrected chi connectivity index (χ3v) is 3.70. The fourth-order valence-electron chi connectivity index (χ4n) is 2.77. The second-order valence-corrected chi connectivity index (χ2v) is 5.00. The number of amides is 1. The molecule has 7 nitrogen and oxygen atoms in total. The topological polar surface area (TPSA) is 93.1 Å². The molecule has 0 aliphatic carbocycles. The zero-order chi connectivity index (χ0) is 17.1. The Bertz CT molecular complexity index is 681. The fraction of sp³-hybridized carbons (Fsp3) is 0.312. The van der Waals surface area contributed by atoms with Crippen LogP contribution in [0.1, 0.15) is 18.4 Å². The minimum atomic E-state index is -1.16. The molecule has 1 aliphatic heterocycles. The van der Waals surface area contributed by atoms with Gasteiger partial charge in [0, 0.05) is 18.7 Å². The molecule has 1 aromatic rings. The molecular formula is C16H17NO6. The molecule has 23 heavy (non-hydrogen) atoms. The zero-order valence-electron chi connectivity index (χ0n) is 13.0. The number of esters is 1. The smallest absolute Gasteiger partial charge is 0.328 e. The number of anilines is 1. The lowest BCUT2D eigenvalue weighted by atomic mass is 9.94. The van der Waals surface area contributed by atoms with Crippen LogP contribution in [0.5, 0.6) is 5.75 Å². The van der Waals surface area contributed by atoms with Gasteiger partial charge in [-0.2, -0.15) is 0 Å². The normalized spacial score (nSPS) is 19.5. The number of carbonyl (C=O) groups is 3. The van der Waals surface area contributed by atoms with E-state index in [2.05, 4.69) is 0 Å². The van der Waals surface area contributed by atoms with Gasteiger partial charge in [0.2, 0.25) is 5.91 Å². The van der Waals surface area contributed by atoms with Gasteiger partial charge in [0.15, 0.2) is 0 Å². The van der Waals surface area contributed by atoms with Crippen molar-refractivity contribution < 1.29 is 29.0 Å². The highest BCUT2D eigenvalue weighted by atomic mass is 16.5. The van der Waals surface area contributed by atoms with E-state index in [0.29, 0.717) is 17.0 Å². The molecule has 0 aromatic heterocycles. The summed E-state index contributed by atoms with van der Waals surface area (Å²) in [6.07, 6.45) is 2.23. The standard InChI is InChI=1S/C16H17NO6/c1-9(18)17-12-5-4-10(22-2)8-11(12)15(16(21)23-3)13(17)6-7-14(19)20/h4-8,13,15H,1-3H3,(H,19,20). The Morgan fingerprint density at radius 2 is 1.96 bits per heavy atom. The number of carboxylic acids is 1. The van der Waals surface area contributed by atoms with Crippen molar-refractivity contribution in [1.82, 2.24) is 0 Å². The average molecular weight is 319 g/mol. The van der Waals surface area contributed by atoms with Crippen molar-refractivity contribution in [1.29, 1.82) is 0 Å². The molecule has 1 heterocycles. The van der Waals surface area contributed by atoms with Crippen molar-refractivity contribution in [3.8, 4) is 5.75 Å². The minimum absolute atomic E-state index is 0.303. The molecule has 0 radical (unpaired) electrons. The van der Waals surface area contributed by atoms with Gasteiger partial charge in [-0.25, -0.2) is 4.79 Å². The maximum absolute atomic E-state index is 12.2. The molecule has 2 atom stereocenters. The van der Waals surface area contributed by atoms with Crippen LogP contribution in [0, 0.1) is 0 Å². The number of hydrogen-bond acceptors (Lipinski definition) is 5. The van der Waals surface area contributed by atoms with Gasteiger partial charge in [0.1, 0.15) is 11.7 Å². The number of methoxy groups -OCH3 is 2. The fourth-order valence-corrected chi connectivity index (χ4v) is 2.77. The van der Waals surface area contributed by atoms with E-state index >= 15 is 0 Å². The van der Waals surface area contributed by atoms with Gasteiger partial charge < -0.3 is 19.5 Å². The first-order valence-electron chi connectivity index (χ1n) is 6.87. The third-order valence-electron chi connectivity index (χ3n) is 3.70. The molecule has 0 bridgehead atoms. The van der Waals surface area contributed by atoms with Crippen molar-refractivity contribution in [2.24, 2.45) is 0 Å². The van der Waals surface area contributed by atoms with E-state index in [1.54, 1.807) is 18.2 Å². The summed E-state index contributed by atoms with van der Waals surface area (Å²) in [5, 5.41) is 8.85. The van der Waals surface area contributed by atoms with E-state index in [1.807, 2.05) is 0 Å². The average Bonchev–Trinajstić information content (AvgIpc) is 2.85. The van der Waals surface area contributed by atoms with E-state index in [4.69, 9.17) is 14.6 Å². The van der Waals surface area contributed by atoms with E-state index < -0.39 is 23.9 Å². The van der Waals surface area contributed by atoms with Crippen LogP contribution >= 0.6 is 0 Å². The van der Waals surface area contributed by atoms with Crippen LogP contribution in [0.15, 0.2) is 30.4 Å². The van der Waals surface area contributed by atoms with Crippen LogP contribution in [-0.2, 0) is 19.1 Å². The van der Waals surface area contributed by atoms with Crippen molar-refractivity contribution in [2.45, 2.75) is 18.9 Å². The van der Waals surface area contributed by atoms with Gasteiger partial charge in [-0.1, -0.05) is 6.08 Å². The summed E-state index contributed by atoms with van der Waals surface area (Å²) in [7, 11) is 2.74. The predicted molar refractivity (Wildman–Crippen MR) is 81.5 cm³/mol. The van der Waals surface area contributed by atoms with E-state index in [1.165, 1.54) is 32.1 Å². The highest BCUT2D eigenvalue weighted by Gasteiger charge is 2.44. The van der Waals surface area contributed by atoms with Gasteiger partial charge in [0.25, 0.3) is 0 Å². The molecule has 0 saturated heterocycles. The monoisotopic (exact) mass is 319 g/mol. The zero-order valence-corrected chi connectivity index (χ0v) is 13.0. The van der Waals surface area contributed by atoms with Crippen molar-refractivity contribution in [3.05, 3.63) is 35.9 Å². The lowest BCUT2D eigenvalue weighted by Gasteiger charge is -2.24. The Morgan fingerprint density at radius 3 is 2.48 bits per heavy atom.